The van der Waals surface area contributed by atoms with Crippen molar-refractivity contribution in [3.63, 3.8) is 0 Å². The summed E-state index contributed by atoms with van der Waals surface area (Å²) in [5, 5.41) is 18.0. The van der Waals surface area contributed by atoms with Crippen LogP contribution in [-0.2, 0) is 14.5 Å². The molecule has 9 nitrogen and oxygen atoms in total. The smallest absolute Gasteiger partial charge is 0.373 e. The van der Waals surface area contributed by atoms with Crippen LogP contribution in [0.5, 0.6) is 0 Å². The molecule has 0 saturated carbocycles. The van der Waals surface area contributed by atoms with Gasteiger partial charge in [0.1, 0.15) is 13.2 Å². The Kier molecular flexibility index (Phi) is 6.61. The topological polar surface area (TPSA) is 136 Å². The number of carbonyl (C=O) groups excluding carboxylic acids is 2. The van der Waals surface area contributed by atoms with Gasteiger partial charge >= 0.3 is 23.9 Å². The number of aromatic carboxylic acids is 2. The van der Waals surface area contributed by atoms with Gasteiger partial charge in [-0.3, -0.25) is 4.89 Å². The Morgan fingerprint density at radius 1 is 0.667 bits per heavy atom. The van der Waals surface area contributed by atoms with Crippen molar-refractivity contribution in [2.24, 2.45) is 0 Å². The molecular formula is C18H14O9. The van der Waals surface area contributed by atoms with E-state index in [1.807, 2.05) is 0 Å². The molecule has 0 bridgehead atoms. The van der Waals surface area contributed by atoms with Crippen LogP contribution in [0.3, 0.4) is 0 Å². The van der Waals surface area contributed by atoms with Crippen molar-refractivity contribution in [1.29, 1.82) is 0 Å². The number of carboxylic acids is 2. The van der Waals surface area contributed by atoms with Gasteiger partial charge in [-0.05, 0) is 24.3 Å². The second-order valence-electron chi connectivity index (χ2n) is 5.03. The molecule has 2 aromatic rings. The van der Waals surface area contributed by atoms with E-state index >= 15 is 0 Å². The molecule has 2 rings (SSSR count). The third-order valence-electron chi connectivity index (χ3n) is 3.29. The van der Waals surface area contributed by atoms with Gasteiger partial charge in [0.25, 0.3) is 0 Å². The first-order valence-electron chi connectivity index (χ1n) is 7.57. The van der Waals surface area contributed by atoms with Crippen LogP contribution in [0.2, 0.25) is 0 Å². The second kappa shape index (κ2) is 9.11. The zero-order valence-corrected chi connectivity index (χ0v) is 13.8. The van der Waals surface area contributed by atoms with Gasteiger partial charge in [-0.1, -0.05) is 24.3 Å². The van der Waals surface area contributed by atoms with Gasteiger partial charge in [0.2, 0.25) is 0 Å². The van der Waals surface area contributed by atoms with E-state index in [2.05, 4.69) is 9.78 Å². The fourth-order valence-corrected chi connectivity index (χ4v) is 2.08. The number of hydrogen-bond acceptors (Lipinski definition) is 7. The Morgan fingerprint density at radius 2 is 1.11 bits per heavy atom. The summed E-state index contributed by atoms with van der Waals surface area (Å²) in [6.45, 7) is -0.650. The predicted molar refractivity (Wildman–Crippen MR) is 88.5 cm³/mol. The minimum absolute atomic E-state index is 0.127. The Labute approximate surface area is 152 Å². The Balaban J connectivity index is 1.83. The van der Waals surface area contributed by atoms with Crippen LogP contribution in [-0.4, -0.2) is 47.3 Å². The first kappa shape index (κ1) is 19.6. The molecule has 0 spiro atoms. The molecular weight excluding hydrogens is 360 g/mol. The molecule has 0 amide bonds. The van der Waals surface area contributed by atoms with Gasteiger partial charge in [0.15, 0.2) is 0 Å². The van der Waals surface area contributed by atoms with E-state index in [0.29, 0.717) is 0 Å². The highest BCUT2D eigenvalue weighted by Gasteiger charge is 2.19. The molecule has 2 aromatic carbocycles. The highest BCUT2D eigenvalue weighted by atomic mass is 17.2. The van der Waals surface area contributed by atoms with Crippen molar-refractivity contribution in [3.8, 4) is 0 Å². The first-order valence-corrected chi connectivity index (χ1v) is 7.57. The lowest BCUT2D eigenvalue weighted by Gasteiger charge is -2.08. The molecule has 9 heteroatoms. The minimum Gasteiger partial charge on any atom is -0.478 e. The summed E-state index contributed by atoms with van der Waals surface area (Å²) in [5.74, 6) is -4.46. The molecule has 0 aliphatic rings. The lowest BCUT2D eigenvalue weighted by molar-refractivity contribution is -0.244. The third kappa shape index (κ3) is 5.13. The summed E-state index contributed by atoms with van der Waals surface area (Å²) in [4.78, 5) is 54.9. The molecule has 2 N–H and O–H groups in total. The lowest BCUT2D eigenvalue weighted by Crippen LogP contribution is -2.16. The number of benzene rings is 2. The molecule has 0 heterocycles. The average molecular weight is 374 g/mol. The summed E-state index contributed by atoms with van der Waals surface area (Å²) >= 11 is 0. The van der Waals surface area contributed by atoms with Crippen LogP contribution < -0.4 is 0 Å². The van der Waals surface area contributed by atoms with Gasteiger partial charge < -0.3 is 14.9 Å². The number of carboxylic acid groups (broad SMARTS) is 2. The van der Waals surface area contributed by atoms with Crippen molar-refractivity contribution in [1.82, 2.24) is 0 Å². The van der Waals surface area contributed by atoms with Gasteiger partial charge in [-0.2, -0.15) is 4.89 Å². The maximum atomic E-state index is 11.9. The molecule has 0 saturated heterocycles. The normalized spacial score (nSPS) is 10.1. The zero-order valence-electron chi connectivity index (χ0n) is 13.8. The standard InChI is InChI=1S/C18H14O9/c19-15(20)11-5-1-3-7-13(11)17(23)25-9-10-26-27-18(24)14-8-4-2-6-12(14)16(21)22/h1-8H,9-10H2,(H,19,20)(H,21,22). The summed E-state index contributed by atoms with van der Waals surface area (Å²) in [5.41, 5.74) is -0.780. The second-order valence-corrected chi connectivity index (χ2v) is 5.03. The molecule has 0 unspecified atom stereocenters. The van der Waals surface area contributed by atoms with E-state index in [-0.39, 0.29) is 35.5 Å². The first-order chi connectivity index (χ1) is 12.9. The van der Waals surface area contributed by atoms with Crippen LogP contribution in [0.4, 0.5) is 0 Å². The highest BCUT2D eigenvalue weighted by molar-refractivity contribution is 6.03. The van der Waals surface area contributed by atoms with Crippen molar-refractivity contribution >= 4 is 23.9 Å². The minimum atomic E-state index is -1.30. The maximum absolute atomic E-state index is 11.9. The van der Waals surface area contributed by atoms with Crippen molar-refractivity contribution in [2.75, 3.05) is 13.2 Å². The summed E-state index contributed by atoms with van der Waals surface area (Å²) < 4.78 is 4.86. The van der Waals surface area contributed by atoms with E-state index in [1.54, 1.807) is 0 Å². The Bertz CT molecular complexity index is 801. The monoisotopic (exact) mass is 374 g/mol. The molecule has 0 fully saturated rings. The number of rotatable bonds is 8. The van der Waals surface area contributed by atoms with Crippen LogP contribution in [0.25, 0.3) is 0 Å². The SMILES string of the molecule is O=C(O)c1ccccc1C(=O)OCCOOC(=O)c1ccccc1C(=O)O. The van der Waals surface area contributed by atoms with E-state index in [4.69, 9.17) is 14.9 Å². The number of ether oxygens (including phenoxy) is 1. The average Bonchev–Trinajstić information content (AvgIpc) is 2.67. The molecule has 27 heavy (non-hydrogen) atoms. The predicted octanol–water partition coefficient (Wildman–Crippen LogP) is 2.03. The third-order valence-corrected chi connectivity index (χ3v) is 3.29. The number of hydrogen-bond donors (Lipinski definition) is 2. The molecule has 0 radical (unpaired) electrons. The largest absolute Gasteiger partial charge is 0.478 e. The van der Waals surface area contributed by atoms with Crippen molar-refractivity contribution in [3.05, 3.63) is 70.8 Å². The summed E-state index contributed by atoms with van der Waals surface area (Å²) in [7, 11) is 0. The van der Waals surface area contributed by atoms with Gasteiger partial charge in [0, 0.05) is 0 Å². The van der Waals surface area contributed by atoms with Crippen LogP contribution in [0.15, 0.2) is 48.5 Å². The van der Waals surface area contributed by atoms with Crippen LogP contribution in [0, 0.1) is 0 Å². The number of carbonyl (C=O) groups is 4. The van der Waals surface area contributed by atoms with Crippen LogP contribution >= 0.6 is 0 Å². The van der Waals surface area contributed by atoms with Gasteiger partial charge in [-0.15, -0.1) is 0 Å². The Hall–Kier alpha value is -3.72. The van der Waals surface area contributed by atoms with Crippen molar-refractivity contribution < 1.29 is 43.9 Å². The molecule has 140 valence electrons. The van der Waals surface area contributed by atoms with Gasteiger partial charge in [-0.25, -0.2) is 19.2 Å². The summed E-state index contributed by atoms with van der Waals surface area (Å²) in [6.07, 6.45) is 0. The molecule has 0 atom stereocenters. The highest BCUT2D eigenvalue weighted by Crippen LogP contribution is 2.11. The van der Waals surface area contributed by atoms with Crippen LogP contribution in [0.1, 0.15) is 41.4 Å². The van der Waals surface area contributed by atoms with Crippen molar-refractivity contribution in [2.45, 2.75) is 0 Å². The number of esters is 1. The maximum Gasteiger partial charge on any atom is 0.373 e. The van der Waals surface area contributed by atoms with E-state index in [9.17, 15) is 19.2 Å². The Morgan fingerprint density at radius 3 is 1.59 bits per heavy atom. The fourth-order valence-electron chi connectivity index (χ4n) is 2.08. The fraction of sp³-hybridized carbons (Fsp3) is 0.111. The molecule has 0 aromatic heterocycles. The lowest BCUT2D eigenvalue weighted by atomic mass is 10.1. The zero-order chi connectivity index (χ0) is 19.8. The molecule has 0 aliphatic heterocycles. The van der Waals surface area contributed by atoms with E-state index in [1.165, 1.54) is 48.5 Å². The quantitative estimate of drug-likeness (QED) is 0.308. The van der Waals surface area contributed by atoms with E-state index in [0.717, 1.165) is 0 Å². The molecule has 0 aliphatic carbocycles. The summed E-state index contributed by atoms with van der Waals surface area (Å²) in [6, 6.07) is 10.9. The van der Waals surface area contributed by atoms with Gasteiger partial charge in [0.05, 0.1) is 22.3 Å². The van der Waals surface area contributed by atoms with E-state index < -0.39 is 23.9 Å².